The lowest BCUT2D eigenvalue weighted by Crippen LogP contribution is -2.51. The van der Waals surface area contributed by atoms with Gasteiger partial charge in [-0.15, -0.1) is 0 Å². The Kier molecular flexibility index (Phi) is 10.5. The summed E-state index contributed by atoms with van der Waals surface area (Å²) in [6.07, 6.45) is 0.0207. The Bertz CT molecular complexity index is 862. The van der Waals surface area contributed by atoms with E-state index in [4.69, 9.17) is 24.7 Å². The van der Waals surface area contributed by atoms with Crippen LogP contribution < -0.4 is 15.2 Å². The molecule has 0 fully saturated rings. The molecule has 1 aromatic rings. The summed E-state index contributed by atoms with van der Waals surface area (Å²) in [4.78, 5) is 48.4. The fourth-order valence-corrected chi connectivity index (χ4v) is 2.61. The van der Waals surface area contributed by atoms with Gasteiger partial charge in [-0.3, -0.25) is 19.2 Å². The molecule has 0 aliphatic carbocycles. The monoisotopic (exact) mass is 465 g/mol. The highest BCUT2D eigenvalue weighted by Gasteiger charge is 2.36. The zero-order valence-electron chi connectivity index (χ0n) is 20.4. The van der Waals surface area contributed by atoms with Crippen molar-refractivity contribution in [2.45, 2.75) is 59.9 Å². The summed E-state index contributed by atoms with van der Waals surface area (Å²) >= 11 is 0. The number of methoxy groups -OCH3 is 1. The predicted octanol–water partition coefficient (Wildman–Crippen LogP) is 2.81. The quantitative estimate of drug-likeness (QED) is 0.387. The molecule has 0 aliphatic heterocycles. The van der Waals surface area contributed by atoms with Crippen molar-refractivity contribution >= 4 is 23.9 Å². The topological polar surface area (TPSA) is 131 Å². The lowest BCUT2D eigenvalue weighted by Gasteiger charge is -2.27. The second-order valence-corrected chi connectivity index (χ2v) is 8.83. The molecule has 0 spiro atoms. The third kappa shape index (κ3) is 8.49. The molecule has 33 heavy (non-hydrogen) atoms. The van der Waals surface area contributed by atoms with Crippen molar-refractivity contribution in [1.82, 2.24) is 0 Å². The van der Waals surface area contributed by atoms with E-state index in [2.05, 4.69) is 0 Å². The van der Waals surface area contributed by atoms with Crippen LogP contribution >= 0.6 is 0 Å². The van der Waals surface area contributed by atoms with Gasteiger partial charge in [0, 0.05) is 12.8 Å². The molecule has 1 atom stereocenters. The smallest absolute Gasteiger partial charge is 0.326 e. The van der Waals surface area contributed by atoms with Gasteiger partial charge in [-0.25, -0.2) is 0 Å². The first kappa shape index (κ1) is 28.1. The van der Waals surface area contributed by atoms with E-state index in [1.54, 1.807) is 47.6 Å². The van der Waals surface area contributed by atoms with Gasteiger partial charge in [0.1, 0.15) is 5.54 Å². The number of ether oxygens (including phenoxy) is 4. The highest BCUT2D eigenvalue weighted by atomic mass is 16.6. The van der Waals surface area contributed by atoms with Crippen molar-refractivity contribution in [1.29, 1.82) is 0 Å². The number of benzene rings is 1. The van der Waals surface area contributed by atoms with Crippen LogP contribution in [0, 0.1) is 17.8 Å². The van der Waals surface area contributed by atoms with Crippen molar-refractivity contribution in [2.24, 2.45) is 23.5 Å². The number of rotatable bonds is 11. The van der Waals surface area contributed by atoms with Gasteiger partial charge in [0.15, 0.2) is 11.5 Å². The molecule has 1 rings (SSSR count). The molecule has 0 bridgehead atoms. The Hall–Kier alpha value is -2.94. The SMILES string of the molecule is COC(=O)C(N)(CCOC(=O)C(C)C)Cc1ccc(OC(=O)C(C)C)c(OC(=O)C(C)C)c1. The van der Waals surface area contributed by atoms with Crippen molar-refractivity contribution < 1.29 is 38.1 Å². The largest absolute Gasteiger partial charge is 0.468 e. The summed E-state index contributed by atoms with van der Waals surface area (Å²) in [5, 5.41) is 0. The van der Waals surface area contributed by atoms with Crippen LogP contribution in [0.25, 0.3) is 0 Å². The number of carbonyl (C=O) groups is 4. The molecule has 184 valence electrons. The van der Waals surface area contributed by atoms with Crippen LogP contribution in [0.4, 0.5) is 0 Å². The molecule has 0 radical (unpaired) electrons. The van der Waals surface area contributed by atoms with E-state index >= 15 is 0 Å². The molecule has 0 amide bonds. The van der Waals surface area contributed by atoms with Crippen LogP contribution in [-0.4, -0.2) is 43.1 Å². The van der Waals surface area contributed by atoms with Gasteiger partial charge in [-0.1, -0.05) is 47.6 Å². The summed E-state index contributed by atoms with van der Waals surface area (Å²) in [6, 6.07) is 4.59. The van der Waals surface area contributed by atoms with Gasteiger partial charge in [-0.2, -0.15) is 0 Å². The van der Waals surface area contributed by atoms with Crippen LogP contribution in [0.15, 0.2) is 18.2 Å². The van der Waals surface area contributed by atoms with E-state index in [1.165, 1.54) is 19.2 Å². The number of hydrogen-bond acceptors (Lipinski definition) is 9. The minimum Gasteiger partial charge on any atom is -0.468 e. The van der Waals surface area contributed by atoms with Gasteiger partial charge < -0.3 is 24.7 Å². The highest BCUT2D eigenvalue weighted by molar-refractivity contribution is 5.81. The van der Waals surface area contributed by atoms with Crippen molar-refractivity contribution in [3.05, 3.63) is 23.8 Å². The molecule has 1 aromatic carbocycles. The maximum atomic E-state index is 12.4. The van der Waals surface area contributed by atoms with Crippen LogP contribution in [-0.2, 0) is 35.1 Å². The molecule has 9 nitrogen and oxygen atoms in total. The molecule has 2 N–H and O–H groups in total. The van der Waals surface area contributed by atoms with E-state index in [0.29, 0.717) is 5.56 Å². The molecule has 0 saturated carbocycles. The number of esters is 4. The first-order valence-electron chi connectivity index (χ1n) is 10.9. The second kappa shape index (κ2) is 12.3. The standard InChI is InChI=1S/C24H35NO8/c1-14(2)20(26)31-11-10-24(25,23(29)30-7)13-17-8-9-18(32-21(27)15(3)4)19(12-17)33-22(28)16(5)6/h8-9,12,14-16H,10-11,13,25H2,1-7H3. The number of hydrogen-bond donors (Lipinski definition) is 1. The Labute approximate surface area is 194 Å². The van der Waals surface area contributed by atoms with Gasteiger partial charge in [0.05, 0.1) is 31.5 Å². The minimum atomic E-state index is -1.50. The van der Waals surface area contributed by atoms with Gasteiger partial charge >= 0.3 is 23.9 Å². The molecule has 1 unspecified atom stereocenters. The summed E-state index contributed by atoms with van der Waals surface area (Å²) in [5.41, 5.74) is 5.38. The third-order valence-electron chi connectivity index (χ3n) is 4.75. The molecular weight excluding hydrogens is 430 g/mol. The average molecular weight is 466 g/mol. The predicted molar refractivity (Wildman–Crippen MR) is 120 cm³/mol. The highest BCUT2D eigenvalue weighted by Crippen LogP contribution is 2.31. The summed E-state index contributed by atoms with van der Waals surface area (Å²) < 4.78 is 20.8. The Morgan fingerprint density at radius 2 is 1.36 bits per heavy atom. The van der Waals surface area contributed by atoms with Gasteiger partial charge in [-0.05, 0) is 17.7 Å². The lowest BCUT2D eigenvalue weighted by atomic mass is 9.88. The summed E-state index contributed by atoms with van der Waals surface area (Å²) in [6.45, 7) is 10.0. The fourth-order valence-electron chi connectivity index (χ4n) is 2.61. The van der Waals surface area contributed by atoms with Gasteiger partial charge in [0.2, 0.25) is 0 Å². The minimum absolute atomic E-state index is 0.00351. The Morgan fingerprint density at radius 3 is 1.85 bits per heavy atom. The molecule has 0 aliphatic rings. The summed E-state index contributed by atoms with van der Waals surface area (Å²) in [7, 11) is 1.22. The molecule has 9 heteroatoms. The van der Waals surface area contributed by atoms with Crippen LogP contribution in [0.3, 0.4) is 0 Å². The van der Waals surface area contributed by atoms with Crippen LogP contribution in [0.2, 0.25) is 0 Å². The van der Waals surface area contributed by atoms with Gasteiger partial charge in [0.25, 0.3) is 0 Å². The van der Waals surface area contributed by atoms with Crippen molar-refractivity contribution in [3.8, 4) is 11.5 Å². The normalized spacial score (nSPS) is 12.9. The third-order valence-corrected chi connectivity index (χ3v) is 4.75. The second-order valence-electron chi connectivity index (χ2n) is 8.83. The number of nitrogens with two attached hydrogens (primary N) is 1. The van der Waals surface area contributed by atoms with Crippen molar-refractivity contribution in [2.75, 3.05) is 13.7 Å². The molecule has 0 heterocycles. The Balaban J connectivity index is 3.20. The lowest BCUT2D eigenvalue weighted by molar-refractivity contribution is -0.152. The van der Waals surface area contributed by atoms with E-state index in [9.17, 15) is 19.2 Å². The van der Waals surface area contributed by atoms with Crippen LogP contribution in [0.1, 0.15) is 53.5 Å². The number of carbonyl (C=O) groups excluding carboxylic acids is 4. The average Bonchev–Trinajstić information content (AvgIpc) is 2.74. The van der Waals surface area contributed by atoms with E-state index < -0.39 is 35.3 Å². The first-order chi connectivity index (χ1) is 15.3. The van der Waals surface area contributed by atoms with E-state index in [0.717, 1.165) is 0 Å². The van der Waals surface area contributed by atoms with E-state index in [1.807, 2.05) is 0 Å². The maximum Gasteiger partial charge on any atom is 0.326 e. The zero-order valence-corrected chi connectivity index (χ0v) is 20.4. The molecule has 0 saturated heterocycles. The van der Waals surface area contributed by atoms with E-state index in [-0.39, 0.29) is 42.8 Å². The Morgan fingerprint density at radius 1 is 0.848 bits per heavy atom. The van der Waals surface area contributed by atoms with Crippen molar-refractivity contribution in [3.63, 3.8) is 0 Å². The fraction of sp³-hybridized carbons (Fsp3) is 0.583. The molecular formula is C24H35NO8. The first-order valence-corrected chi connectivity index (χ1v) is 10.9. The van der Waals surface area contributed by atoms with Crippen LogP contribution in [0.5, 0.6) is 11.5 Å². The summed E-state index contributed by atoms with van der Waals surface area (Å²) in [5.74, 6) is -3.07. The molecule has 0 aromatic heterocycles. The maximum absolute atomic E-state index is 12.4. The zero-order chi connectivity index (χ0) is 25.3.